The number of amides is 1. The Morgan fingerprint density at radius 3 is 2.81 bits per heavy atom. The summed E-state index contributed by atoms with van der Waals surface area (Å²) in [6, 6.07) is 5.96. The van der Waals surface area contributed by atoms with Gasteiger partial charge in [0.25, 0.3) is 0 Å². The SMILES string of the molecule is Cc1nsc(NC(=O)C2(c3cc(F)cc(C#N)c3)CC2)n1. The number of anilines is 1. The van der Waals surface area contributed by atoms with Gasteiger partial charge in [0.15, 0.2) is 0 Å². The van der Waals surface area contributed by atoms with Gasteiger partial charge in [-0.05, 0) is 43.5 Å². The lowest BCUT2D eigenvalue weighted by Crippen LogP contribution is -2.28. The molecule has 0 aliphatic heterocycles. The predicted octanol–water partition coefficient (Wildman–Crippen LogP) is 2.53. The van der Waals surface area contributed by atoms with E-state index in [1.54, 1.807) is 13.0 Å². The maximum absolute atomic E-state index is 13.6. The molecule has 0 unspecified atom stereocenters. The number of aromatic nitrogens is 2. The van der Waals surface area contributed by atoms with Gasteiger partial charge in [-0.1, -0.05) is 0 Å². The fraction of sp³-hybridized carbons (Fsp3) is 0.286. The molecule has 0 saturated heterocycles. The zero-order valence-corrected chi connectivity index (χ0v) is 12.0. The zero-order chi connectivity index (χ0) is 15.0. The fourth-order valence-corrected chi connectivity index (χ4v) is 2.84. The molecular formula is C14H11FN4OS. The van der Waals surface area contributed by atoms with Crippen molar-refractivity contribution in [1.82, 2.24) is 9.36 Å². The number of nitrogens with zero attached hydrogens (tertiary/aromatic N) is 3. The van der Waals surface area contributed by atoms with Gasteiger partial charge in [-0.2, -0.15) is 9.64 Å². The van der Waals surface area contributed by atoms with E-state index in [0.717, 1.165) is 17.6 Å². The van der Waals surface area contributed by atoms with Gasteiger partial charge in [0.2, 0.25) is 11.0 Å². The lowest BCUT2D eigenvalue weighted by Gasteiger charge is -2.14. The highest BCUT2D eigenvalue weighted by Gasteiger charge is 2.51. The van der Waals surface area contributed by atoms with E-state index in [9.17, 15) is 9.18 Å². The number of benzene rings is 1. The maximum atomic E-state index is 13.6. The normalized spacial score (nSPS) is 15.3. The molecule has 0 radical (unpaired) electrons. The molecule has 1 N–H and O–H groups in total. The number of rotatable bonds is 3. The molecule has 1 aliphatic rings. The van der Waals surface area contributed by atoms with E-state index in [-0.39, 0.29) is 11.5 Å². The minimum Gasteiger partial charge on any atom is -0.300 e. The summed E-state index contributed by atoms with van der Waals surface area (Å²) in [7, 11) is 0. The second-order valence-corrected chi connectivity index (χ2v) is 5.78. The molecule has 21 heavy (non-hydrogen) atoms. The Hall–Kier alpha value is -2.33. The molecule has 2 aromatic rings. The van der Waals surface area contributed by atoms with E-state index in [1.165, 1.54) is 6.07 Å². The molecule has 1 aromatic carbocycles. The molecule has 1 fully saturated rings. The third kappa shape index (κ3) is 2.50. The first-order valence-electron chi connectivity index (χ1n) is 6.36. The van der Waals surface area contributed by atoms with Crippen LogP contribution in [-0.4, -0.2) is 15.3 Å². The third-order valence-electron chi connectivity index (χ3n) is 3.51. The minimum absolute atomic E-state index is 0.218. The smallest absolute Gasteiger partial charge is 0.236 e. The molecule has 1 saturated carbocycles. The highest BCUT2D eigenvalue weighted by Crippen LogP contribution is 2.49. The Kier molecular flexibility index (Phi) is 3.18. The maximum Gasteiger partial charge on any atom is 0.236 e. The van der Waals surface area contributed by atoms with Gasteiger partial charge in [-0.15, -0.1) is 0 Å². The molecule has 0 spiro atoms. The van der Waals surface area contributed by atoms with Gasteiger partial charge in [0, 0.05) is 11.5 Å². The summed E-state index contributed by atoms with van der Waals surface area (Å²) in [4.78, 5) is 16.5. The van der Waals surface area contributed by atoms with Crippen molar-refractivity contribution in [1.29, 1.82) is 5.26 Å². The van der Waals surface area contributed by atoms with Gasteiger partial charge in [0.05, 0.1) is 17.0 Å². The molecular weight excluding hydrogens is 291 g/mol. The summed E-state index contributed by atoms with van der Waals surface area (Å²) in [5.41, 5.74) is 0.00131. The van der Waals surface area contributed by atoms with Gasteiger partial charge in [0.1, 0.15) is 11.6 Å². The molecule has 1 aromatic heterocycles. The van der Waals surface area contributed by atoms with Crippen molar-refractivity contribution in [3.8, 4) is 6.07 Å². The van der Waals surface area contributed by atoms with Crippen LogP contribution in [0, 0.1) is 24.1 Å². The van der Waals surface area contributed by atoms with Gasteiger partial charge >= 0.3 is 0 Å². The summed E-state index contributed by atoms with van der Waals surface area (Å²) >= 11 is 1.11. The molecule has 0 atom stereocenters. The minimum atomic E-state index is -0.757. The van der Waals surface area contributed by atoms with E-state index in [0.29, 0.717) is 29.4 Å². The molecule has 1 amide bonds. The van der Waals surface area contributed by atoms with E-state index < -0.39 is 11.2 Å². The number of aryl methyl sites for hydroxylation is 1. The van der Waals surface area contributed by atoms with Crippen LogP contribution in [0.2, 0.25) is 0 Å². The van der Waals surface area contributed by atoms with Gasteiger partial charge < -0.3 is 0 Å². The number of nitrogens with one attached hydrogen (secondary N) is 1. The summed E-state index contributed by atoms with van der Waals surface area (Å²) in [5.74, 6) is -0.138. The molecule has 3 rings (SSSR count). The average Bonchev–Trinajstić information content (AvgIpc) is 3.17. The van der Waals surface area contributed by atoms with Crippen LogP contribution in [0.25, 0.3) is 0 Å². The Labute approximate surface area is 124 Å². The van der Waals surface area contributed by atoms with Crippen molar-refractivity contribution in [2.75, 3.05) is 5.32 Å². The third-order valence-corrected chi connectivity index (χ3v) is 4.23. The first-order valence-corrected chi connectivity index (χ1v) is 7.14. The van der Waals surface area contributed by atoms with Crippen LogP contribution in [0.3, 0.4) is 0 Å². The molecule has 1 aliphatic carbocycles. The van der Waals surface area contributed by atoms with Crippen LogP contribution in [-0.2, 0) is 10.2 Å². The fourth-order valence-electron chi connectivity index (χ4n) is 2.27. The lowest BCUT2D eigenvalue weighted by atomic mass is 9.93. The number of carbonyl (C=O) groups is 1. The molecule has 7 heteroatoms. The first kappa shape index (κ1) is 13.6. The second kappa shape index (κ2) is 4.90. The van der Waals surface area contributed by atoms with Crippen LogP contribution < -0.4 is 5.32 Å². The summed E-state index contributed by atoms with van der Waals surface area (Å²) in [6.45, 7) is 1.74. The molecule has 5 nitrogen and oxygen atoms in total. The molecule has 1 heterocycles. The van der Waals surface area contributed by atoms with Crippen molar-refractivity contribution < 1.29 is 9.18 Å². The van der Waals surface area contributed by atoms with Crippen molar-refractivity contribution in [3.05, 3.63) is 41.0 Å². The first-order chi connectivity index (χ1) is 10.0. The highest BCUT2D eigenvalue weighted by atomic mass is 32.1. The number of hydrogen-bond donors (Lipinski definition) is 1. The van der Waals surface area contributed by atoms with Crippen LogP contribution in [0.15, 0.2) is 18.2 Å². The van der Waals surface area contributed by atoms with Gasteiger partial charge in [-0.25, -0.2) is 9.37 Å². The van der Waals surface area contributed by atoms with Crippen LogP contribution in [0.1, 0.15) is 29.8 Å². The monoisotopic (exact) mass is 302 g/mol. The van der Waals surface area contributed by atoms with Crippen molar-refractivity contribution in [2.24, 2.45) is 0 Å². The summed E-state index contributed by atoms with van der Waals surface area (Å²) in [6.07, 6.45) is 1.26. The molecule has 106 valence electrons. The topological polar surface area (TPSA) is 78.7 Å². The Morgan fingerprint density at radius 2 is 2.24 bits per heavy atom. The van der Waals surface area contributed by atoms with Crippen molar-refractivity contribution in [3.63, 3.8) is 0 Å². The predicted molar refractivity (Wildman–Crippen MR) is 75.3 cm³/mol. The van der Waals surface area contributed by atoms with E-state index in [1.807, 2.05) is 6.07 Å². The number of carbonyl (C=O) groups excluding carboxylic acids is 1. The number of nitriles is 1. The Morgan fingerprint density at radius 1 is 1.48 bits per heavy atom. The lowest BCUT2D eigenvalue weighted by molar-refractivity contribution is -0.118. The molecule has 0 bridgehead atoms. The number of hydrogen-bond acceptors (Lipinski definition) is 5. The second-order valence-electron chi connectivity index (χ2n) is 5.02. The zero-order valence-electron chi connectivity index (χ0n) is 11.2. The van der Waals surface area contributed by atoms with E-state index in [4.69, 9.17) is 5.26 Å². The number of halogens is 1. The van der Waals surface area contributed by atoms with Crippen molar-refractivity contribution >= 4 is 22.6 Å². The largest absolute Gasteiger partial charge is 0.300 e. The van der Waals surface area contributed by atoms with Gasteiger partial charge in [-0.3, -0.25) is 10.1 Å². The van der Waals surface area contributed by atoms with Crippen LogP contribution in [0.5, 0.6) is 0 Å². The quantitative estimate of drug-likeness (QED) is 0.945. The van der Waals surface area contributed by atoms with E-state index >= 15 is 0 Å². The average molecular weight is 302 g/mol. The standard InChI is InChI=1S/C14H11FN4OS/c1-8-17-13(21-19-8)18-12(20)14(2-3-14)10-4-9(7-16)5-11(15)6-10/h4-6H,2-3H2,1H3,(H,17,18,19,20). The van der Waals surface area contributed by atoms with Crippen LogP contribution in [0.4, 0.5) is 9.52 Å². The summed E-state index contributed by atoms with van der Waals surface area (Å²) < 4.78 is 17.6. The summed E-state index contributed by atoms with van der Waals surface area (Å²) in [5, 5.41) is 12.1. The van der Waals surface area contributed by atoms with Crippen molar-refractivity contribution in [2.45, 2.75) is 25.2 Å². The highest BCUT2D eigenvalue weighted by molar-refractivity contribution is 7.09. The Bertz CT molecular complexity index is 761. The Balaban J connectivity index is 1.89. The van der Waals surface area contributed by atoms with E-state index in [2.05, 4.69) is 14.7 Å². The van der Waals surface area contributed by atoms with Crippen LogP contribution >= 0.6 is 11.5 Å².